The molecule has 3 nitrogen and oxygen atoms in total. The Bertz CT molecular complexity index is 600. The number of nitrogens with one attached hydrogen (secondary N) is 1. The first-order chi connectivity index (χ1) is 10.0. The van der Waals surface area contributed by atoms with Gasteiger partial charge < -0.3 is 0 Å². The smallest absolute Gasteiger partial charge is 0.267 e. The second-order valence-corrected chi connectivity index (χ2v) is 6.94. The highest BCUT2D eigenvalue weighted by molar-refractivity contribution is 6.36. The van der Waals surface area contributed by atoms with Gasteiger partial charge in [-0.05, 0) is 56.2 Å². The fraction of sp³-hybridized carbons (Fsp3) is 0.500. The van der Waals surface area contributed by atoms with Crippen molar-refractivity contribution in [2.75, 3.05) is 0 Å². The second kappa shape index (κ2) is 5.98. The summed E-state index contributed by atoms with van der Waals surface area (Å²) in [7, 11) is 0. The van der Waals surface area contributed by atoms with Gasteiger partial charge in [0.2, 0.25) is 0 Å². The van der Waals surface area contributed by atoms with E-state index in [1.807, 2.05) is 6.92 Å². The van der Waals surface area contributed by atoms with Gasteiger partial charge in [0, 0.05) is 16.7 Å². The summed E-state index contributed by atoms with van der Waals surface area (Å²) in [6.07, 6.45) is 5.21. The second-order valence-electron chi connectivity index (χ2n) is 6.10. The van der Waals surface area contributed by atoms with Crippen molar-refractivity contribution in [1.29, 1.82) is 0 Å². The number of carbonyl (C=O) groups is 1. The Morgan fingerprint density at radius 2 is 2.10 bits per heavy atom. The lowest BCUT2D eigenvalue weighted by Crippen LogP contribution is -2.24. The number of benzene rings is 1. The number of amides is 1. The standard InChI is InChI=1S/C16H18Cl2N2O/c1-9(14-7-10-2-3-11(14)6-10)19-20-16(21)13-5-4-12(17)8-15(13)18/h4-5,8,10-11,14H,2-3,6-7H2,1H3,(H,20,21). The van der Waals surface area contributed by atoms with Crippen molar-refractivity contribution >= 4 is 34.8 Å². The molecule has 1 aromatic rings. The van der Waals surface area contributed by atoms with E-state index in [2.05, 4.69) is 10.5 Å². The molecule has 2 bridgehead atoms. The van der Waals surface area contributed by atoms with Gasteiger partial charge in [0.1, 0.15) is 0 Å². The minimum Gasteiger partial charge on any atom is -0.267 e. The van der Waals surface area contributed by atoms with Crippen LogP contribution in [0.3, 0.4) is 0 Å². The zero-order valence-electron chi connectivity index (χ0n) is 11.9. The number of hydrazone groups is 1. The van der Waals surface area contributed by atoms with Crippen molar-refractivity contribution in [3.8, 4) is 0 Å². The van der Waals surface area contributed by atoms with Crippen LogP contribution < -0.4 is 5.43 Å². The van der Waals surface area contributed by atoms with Gasteiger partial charge in [-0.3, -0.25) is 4.79 Å². The first-order valence-corrected chi connectivity index (χ1v) is 8.09. The van der Waals surface area contributed by atoms with Crippen LogP contribution in [-0.2, 0) is 0 Å². The average Bonchev–Trinajstić information content (AvgIpc) is 3.07. The molecule has 1 amide bonds. The normalized spacial score (nSPS) is 28.0. The molecular weight excluding hydrogens is 307 g/mol. The molecule has 2 fully saturated rings. The Labute approximate surface area is 134 Å². The van der Waals surface area contributed by atoms with Crippen molar-refractivity contribution in [2.45, 2.75) is 32.6 Å². The highest BCUT2D eigenvalue weighted by Gasteiger charge is 2.40. The summed E-state index contributed by atoms with van der Waals surface area (Å²) in [5.74, 6) is 1.87. The largest absolute Gasteiger partial charge is 0.272 e. The van der Waals surface area contributed by atoms with Crippen molar-refractivity contribution in [1.82, 2.24) is 5.43 Å². The molecule has 3 rings (SSSR count). The fourth-order valence-electron chi connectivity index (χ4n) is 3.71. The molecule has 112 valence electrons. The van der Waals surface area contributed by atoms with Gasteiger partial charge in [-0.1, -0.05) is 29.6 Å². The van der Waals surface area contributed by atoms with Gasteiger partial charge in [0.05, 0.1) is 10.6 Å². The van der Waals surface area contributed by atoms with Gasteiger partial charge in [-0.15, -0.1) is 0 Å². The van der Waals surface area contributed by atoms with Gasteiger partial charge in [-0.25, -0.2) is 5.43 Å². The highest BCUT2D eigenvalue weighted by atomic mass is 35.5. The van der Waals surface area contributed by atoms with E-state index in [1.165, 1.54) is 25.7 Å². The molecule has 1 aromatic carbocycles. The summed E-state index contributed by atoms with van der Waals surface area (Å²) in [6.45, 7) is 2.01. The van der Waals surface area contributed by atoms with Crippen molar-refractivity contribution < 1.29 is 4.79 Å². The van der Waals surface area contributed by atoms with E-state index in [9.17, 15) is 4.79 Å². The number of rotatable bonds is 3. The molecule has 21 heavy (non-hydrogen) atoms. The van der Waals surface area contributed by atoms with Crippen LogP contribution in [0.15, 0.2) is 23.3 Å². The molecular formula is C16H18Cl2N2O. The van der Waals surface area contributed by atoms with Crippen LogP contribution >= 0.6 is 23.2 Å². The number of fused-ring (bicyclic) bond motifs is 2. The molecule has 3 atom stereocenters. The number of nitrogens with zero attached hydrogens (tertiary/aromatic N) is 1. The summed E-state index contributed by atoms with van der Waals surface area (Å²) in [6, 6.07) is 4.82. The van der Waals surface area contributed by atoms with E-state index >= 15 is 0 Å². The Morgan fingerprint density at radius 1 is 1.29 bits per heavy atom. The molecule has 0 heterocycles. The molecule has 1 N–H and O–H groups in total. The van der Waals surface area contributed by atoms with Gasteiger partial charge in [0.25, 0.3) is 5.91 Å². The summed E-state index contributed by atoms with van der Waals surface area (Å²) in [5.41, 5.74) is 4.04. The van der Waals surface area contributed by atoms with E-state index in [0.717, 1.165) is 17.5 Å². The number of halogens is 2. The molecule has 0 spiro atoms. The molecule has 2 saturated carbocycles. The Hall–Kier alpha value is -1.06. The van der Waals surface area contributed by atoms with Crippen LogP contribution in [0.1, 0.15) is 43.0 Å². The quantitative estimate of drug-likeness (QED) is 0.643. The Kier molecular flexibility index (Phi) is 4.23. The SMILES string of the molecule is CC(=NNC(=O)c1ccc(Cl)cc1Cl)C1CC2CCC1C2. The van der Waals surface area contributed by atoms with Crippen molar-refractivity contribution in [3.05, 3.63) is 33.8 Å². The molecule has 0 saturated heterocycles. The maximum Gasteiger partial charge on any atom is 0.272 e. The Morgan fingerprint density at radius 3 is 2.71 bits per heavy atom. The third-order valence-corrected chi connectivity index (χ3v) is 5.33. The van der Waals surface area contributed by atoms with Crippen LogP contribution in [0.5, 0.6) is 0 Å². The first-order valence-electron chi connectivity index (χ1n) is 7.34. The van der Waals surface area contributed by atoms with E-state index in [4.69, 9.17) is 23.2 Å². The van der Waals surface area contributed by atoms with Gasteiger partial charge in [0.15, 0.2) is 0 Å². The van der Waals surface area contributed by atoms with Crippen LogP contribution in [0.4, 0.5) is 0 Å². The highest BCUT2D eigenvalue weighted by Crippen LogP contribution is 2.48. The molecule has 3 unspecified atom stereocenters. The number of carbonyl (C=O) groups excluding carboxylic acids is 1. The Balaban J connectivity index is 1.66. The summed E-state index contributed by atoms with van der Waals surface area (Å²) >= 11 is 11.9. The average molecular weight is 325 g/mol. The van der Waals surface area contributed by atoms with Crippen LogP contribution in [-0.4, -0.2) is 11.6 Å². The van der Waals surface area contributed by atoms with E-state index in [-0.39, 0.29) is 5.91 Å². The van der Waals surface area contributed by atoms with Crippen molar-refractivity contribution in [3.63, 3.8) is 0 Å². The lowest BCUT2D eigenvalue weighted by atomic mass is 9.86. The van der Waals surface area contributed by atoms with E-state index in [0.29, 0.717) is 21.5 Å². The van der Waals surface area contributed by atoms with Gasteiger partial charge in [-0.2, -0.15) is 5.10 Å². The summed E-state index contributed by atoms with van der Waals surface area (Å²) < 4.78 is 0. The fourth-order valence-corrected chi connectivity index (χ4v) is 4.21. The lowest BCUT2D eigenvalue weighted by molar-refractivity contribution is 0.0954. The monoisotopic (exact) mass is 324 g/mol. The zero-order valence-corrected chi connectivity index (χ0v) is 13.4. The van der Waals surface area contributed by atoms with Crippen LogP contribution in [0.2, 0.25) is 10.0 Å². The lowest BCUT2D eigenvalue weighted by Gasteiger charge is -2.21. The van der Waals surface area contributed by atoms with Crippen molar-refractivity contribution in [2.24, 2.45) is 22.9 Å². The maximum atomic E-state index is 12.1. The minimum atomic E-state index is -0.292. The summed E-state index contributed by atoms with van der Waals surface area (Å²) in [5, 5.41) is 5.14. The molecule has 0 aliphatic heterocycles. The van der Waals surface area contributed by atoms with Crippen LogP contribution in [0.25, 0.3) is 0 Å². The third-order valence-electron chi connectivity index (χ3n) is 4.78. The predicted molar refractivity (Wildman–Crippen MR) is 86.0 cm³/mol. The molecule has 0 aromatic heterocycles. The predicted octanol–water partition coefficient (Wildman–Crippen LogP) is 4.54. The zero-order chi connectivity index (χ0) is 15.0. The minimum absolute atomic E-state index is 0.292. The third kappa shape index (κ3) is 3.09. The molecule has 2 aliphatic carbocycles. The van der Waals surface area contributed by atoms with Gasteiger partial charge >= 0.3 is 0 Å². The topological polar surface area (TPSA) is 41.5 Å². The number of hydrogen-bond acceptors (Lipinski definition) is 2. The summed E-state index contributed by atoms with van der Waals surface area (Å²) in [4.78, 5) is 12.1. The van der Waals surface area contributed by atoms with Crippen LogP contribution in [0, 0.1) is 17.8 Å². The molecule has 2 aliphatic rings. The first kappa shape index (κ1) is 14.9. The van der Waals surface area contributed by atoms with E-state index < -0.39 is 0 Å². The molecule has 0 radical (unpaired) electrons. The number of hydrogen-bond donors (Lipinski definition) is 1. The molecule has 5 heteroatoms. The maximum absolute atomic E-state index is 12.1. The van der Waals surface area contributed by atoms with E-state index in [1.54, 1.807) is 18.2 Å².